The number of aliphatic hydroxyl groups excluding tert-OH is 1. The normalized spacial score (nSPS) is 24.1. The van der Waals surface area contributed by atoms with Crippen molar-refractivity contribution in [2.24, 2.45) is 5.92 Å². The van der Waals surface area contributed by atoms with Crippen LogP contribution in [0.5, 0.6) is 0 Å². The Morgan fingerprint density at radius 3 is 3.00 bits per heavy atom. The van der Waals surface area contributed by atoms with Crippen molar-refractivity contribution >= 4 is 28.3 Å². The fourth-order valence-electron chi connectivity index (χ4n) is 2.17. The van der Waals surface area contributed by atoms with Gasteiger partial charge in [0.1, 0.15) is 10.6 Å². The molecule has 2 unspecified atom stereocenters. The summed E-state index contributed by atoms with van der Waals surface area (Å²) in [5.41, 5.74) is 6.20. The highest BCUT2D eigenvalue weighted by Gasteiger charge is 2.29. The molecular formula is C11H18N4O2S. The van der Waals surface area contributed by atoms with Gasteiger partial charge in [-0.2, -0.15) is 4.37 Å². The van der Waals surface area contributed by atoms with Crippen molar-refractivity contribution < 1.29 is 9.90 Å². The van der Waals surface area contributed by atoms with Crippen molar-refractivity contribution in [1.82, 2.24) is 9.69 Å². The highest BCUT2D eigenvalue weighted by atomic mass is 32.1. The second kappa shape index (κ2) is 5.11. The fraction of sp³-hybridized carbons (Fsp3) is 0.636. The molecule has 100 valence electrons. The average molecular weight is 270 g/mol. The quantitative estimate of drug-likeness (QED) is 0.718. The fourth-order valence-corrected chi connectivity index (χ4v) is 3.01. The van der Waals surface area contributed by atoms with E-state index in [2.05, 4.69) is 14.6 Å². The molecule has 0 aromatic carbocycles. The molecule has 2 atom stereocenters. The lowest BCUT2D eigenvalue weighted by molar-refractivity contribution is 0.0956. The zero-order valence-electron chi connectivity index (χ0n) is 10.5. The number of rotatable bonds is 2. The third-order valence-electron chi connectivity index (χ3n) is 3.30. The molecule has 0 saturated carbocycles. The number of hydrogen-bond acceptors (Lipinski definition) is 6. The van der Waals surface area contributed by atoms with Crippen molar-refractivity contribution in [2.75, 3.05) is 30.8 Å². The first-order valence-electron chi connectivity index (χ1n) is 5.94. The summed E-state index contributed by atoms with van der Waals surface area (Å²) in [6, 6.07) is 0. The van der Waals surface area contributed by atoms with Gasteiger partial charge in [-0.1, -0.05) is 6.92 Å². The Labute approximate surface area is 110 Å². The van der Waals surface area contributed by atoms with Crippen LogP contribution >= 0.6 is 11.5 Å². The smallest absolute Gasteiger partial charge is 0.257 e. The van der Waals surface area contributed by atoms with Crippen LogP contribution in [0.15, 0.2) is 0 Å². The van der Waals surface area contributed by atoms with E-state index in [1.165, 1.54) is 11.5 Å². The summed E-state index contributed by atoms with van der Waals surface area (Å²) in [6.45, 7) is 3.44. The zero-order valence-corrected chi connectivity index (χ0v) is 11.3. The van der Waals surface area contributed by atoms with Gasteiger partial charge in [-0.3, -0.25) is 4.79 Å². The van der Waals surface area contributed by atoms with Gasteiger partial charge >= 0.3 is 0 Å². The van der Waals surface area contributed by atoms with E-state index < -0.39 is 0 Å². The Hall–Kier alpha value is -1.34. The number of aliphatic hydroxyl groups is 1. The molecule has 1 amide bonds. The number of amides is 1. The number of nitrogens with one attached hydrogen (secondary N) is 1. The minimum absolute atomic E-state index is 0.180. The lowest BCUT2D eigenvalue weighted by atomic mass is 9.97. The number of carbonyl (C=O) groups excluding carboxylic acids is 1. The van der Waals surface area contributed by atoms with Crippen LogP contribution in [0.3, 0.4) is 0 Å². The highest BCUT2D eigenvalue weighted by molar-refractivity contribution is 7.11. The van der Waals surface area contributed by atoms with Crippen LogP contribution < -0.4 is 16.0 Å². The first kappa shape index (κ1) is 13.1. The monoisotopic (exact) mass is 270 g/mol. The van der Waals surface area contributed by atoms with Gasteiger partial charge in [0.2, 0.25) is 0 Å². The van der Waals surface area contributed by atoms with Crippen molar-refractivity contribution in [3.05, 3.63) is 5.56 Å². The molecule has 18 heavy (non-hydrogen) atoms. The standard InChI is InChI=1S/C11H18N4O2S/c1-6-5-15(4-3-7(6)16)11-8(10(17)13-2)9(12)14-18-11/h6-7,16H,3-5H2,1-2H3,(H2,12,14)(H,13,17). The van der Waals surface area contributed by atoms with Gasteiger partial charge in [-0.25, -0.2) is 0 Å². The summed E-state index contributed by atoms with van der Waals surface area (Å²) >= 11 is 1.24. The number of piperidine rings is 1. The van der Waals surface area contributed by atoms with E-state index in [4.69, 9.17) is 5.73 Å². The molecule has 1 fully saturated rings. The van der Waals surface area contributed by atoms with Gasteiger partial charge in [-0.15, -0.1) is 0 Å². The lowest BCUT2D eigenvalue weighted by Crippen LogP contribution is -2.42. The molecule has 1 aliphatic rings. The maximum absolute atomic E-state index is 11.8. The molecule has 7 heteroatoms. The molecule has 0 spiro atoms. The summed E-state index contributed by atoms with van der Waals surface area (Å²) in [4.78, 5) is 13.9. The molecule has 1 aromatic rings. The van der Waals surface area contributed by atoms with Crippen LogP contribution in [0.1, 0.15) is 23.7 Å². The van der Waals surface area contributed by atoms with Crippen LogP contribution in [-0.4, -0.2) is 41.6 Å². The van der Waals surface area contributed by atoms with E-state index in [0.29, 0.717) is 18.5 Å². The van der Waals surface area contributed by atoms with Gasteiger partial charge in [0.15, 0.2) is 5.82 Å². The minimum atomic E-state index is -0.269. The van der Waals surface area contributed by atoms with Crippen LogP contribution in [0, 0.1) is 5.92 Å². The van der Waals surface area contributed by atoms with Crippen molar-refractivity contribution in [2.45, 2.75) is 19.4 Å². The average Bonchev–Trinajstić information content (AvgIpc) is 2.74. The minimum Gasteiger partial charge on any atom is -0.393 e. The maximum atomic E-state index is 11.8. The molecule has 1 aliphatic heterocycles. The Bertz CT molecular complexity index is 448. The number of anilines is 2. The molecule has 1 aromatic heterocycles. The molecule has 1 saturated heterocycles. The SMILES string of the molecule is CNC(=O)c1c(N)nsc1N1CCC(O)C(C)C1. The van der Waals surface area contributed by atoms with Crippen molar-refractivity contribution in [1.29, 1.82) is 0 Å². The number of carbonyl (C=O) groups is 1. The Balaban J connectivity index is 2.26. The van der Waals surface area contributed by atoms with E-state index in [1.54, 1.807) is 7.05 Å². The van der Waals surface area contributed by atoms with E-state index in [9.17, 15) is 9.90 Å². The predicted octanol–water partition coefficient (Wildman–Crippen LogP) is 0.292. The molecule has 0 bridgehead atoms. The Kier molecular flexibility index (Phi) is 3.72. The molecule has 4 N–H and O–H groups in total. The van der Waals surface area contributed by atoms with Crippen LogP contribution in [0.4, 0.5) is 10.8 Å². The summed E-state index contributed by atoms with van der Waals surface area (Å²) in [5.74, 6) is 0.239. The third kappa shape index (κ3) is 2.28. The van der Waals surface area contributed by atoms with Crippen molar-refractivity contribution in [3.63, 3.8) is 0 Å². The second-order valence-corrected chi connectivity index (χ2v) is 5.36. The summed E-state index contributed by atoms with van der Waals surface area (Å²) < 4.78 is 4.06. The number of aromatic nitrogens is 1. The Morgan fingerprint density at radius 2 is 2.39 bits per heavy atom. The van der Waals surface area contributed by atoms with Crippen molar-refractivity contribution in [3.8, 4) is 0 Å². The highest BCUT2D eigenvalue weighted by Crippen LogP contribution is 2.33. The number of hydrogen-bond donors (Lipinski definition) is 3. The first-order valence-corrected chi connectivity index (χ1v) is 6.72. The predicted molar refractivity (Wildman–Crippen MR) is 71.9 cm³/mol. The summed E-state index contributed by atoms with van der Waals surface area (Å²) in [7, 11) is 1.58. The van der Waals surface area contributed by atoms with E-state index in [1.807, 2.05) is 6.92 Å². The molecule has 2 rings (SSSR count). The lowest BCUT2D eigenvalue weighted by Gasteiger charge is -2.35. The number of nitrogens with zero attached hydrogens (tertiary/aromatic N) is 2. The molecule has 0 aliphatic carbocycles. The van der Waals surface area contributed by atoms with E-state index >= 15 is 0 Å². The maximum Gasteiger partial charge on any atom is 0.257 e. The number of nitrogens with two attached hydrogens (primary N) is 1. The van der Waals surface area contributed by atoms with E-state index in [0.717, 1.165) is 11.5 Å². The zero-order chi connectivity index (χ0) is 13.3. The van der Waals surface area contributed by atoms with Crippen LogP contribution in [0.25, 0.3) is 0 Å². The van der Waals surface area contributed by atoms with Gasteiger partial charge in [0.25, 0.3) is 5.91 Å². The van der Waals surface area contributed by atoms with Gasteiger partial charge in [-0.05, 0) is 23.9 Å². The first-order chi connectivity index (χ1) is 8.54. The van der Waals surface area contributed by atoms with Crippen LogP contribution in [-0.2, 0) is 0 Å². The molecule has 2 heterocycles. The molecular weight excluding hydrogens is 252 g/mol. The topological polar surface area (TPSA) is 91.5 Å². The van der Waals surface area contributed by atoms with E-state index in [-0.39, 0.29) is 23.7 Å². The van der Waals surface area contributed by atoms with Gasteiger partial charge in [0, 0.05) is 20.1 Å². The number of nitrogen functional groups attached to an aromatic ring is 1. The molecule has 0 radical (unpaired) electrons. The van der Waals surface area contributed by atoms with Gasteiger partial charge in [0.05, 0.1) is 6.10 Å². The largest absolute Gasteiger partial charge is 0.393 e. The third-order valence-corrected chi connectivity index (χ3v) is 4.23. The Morgan fingerprint density at radius 1 is 1.67 bits per heavy atom. The molecule has 6 nitrogen and oxygen atoms in total. The second-order valence-electron chi connectivity index (χ2n) is 4.61. The summed E-state index contributed by atoms with van der Waals surface area (Å²) in [5, 5.41) is 13.1. The van der Waals surface area contributed by atoms with Gasteiger partial charge < -0.3 is 21.1 Å². The summed E-state index contributed by atoms with van der Waals surface area (Å²) in [6.07, 6.45) is 0.432. The van der Waals surface area contributed by atoms with Crippen LogP contribution in [0.2, 0.25) is 0 Å².